The number of hydrogen-bond donors (Lipinski definition) is 1. The van der Waals surface area contributed by atoms with Crippen molar-refractivity contribution in [2.45, 2.75) is 16.8 Å². The summed E-state index contributed by atoms with van der Waals surface area (Å²) in [5, 5.41) is 0.482. The van der Waals surface area contributed by atoms with Gasteiger partial charge in [-0.25, -0.2) is 17.4 Å². The van der Waals surface area contributed by atoms with Gasteiger partial charge in [0.05, 0.1) is 11.9 Å². The van der Waals surface area contributed by atoms with E-state index in [2.05, 4.69) is 9.71 Å². The van der Waals surface area contributed by atoms with Gasteiger partial charge in [0.25, 0.3) is 0 Å². The van der Waals surface area contributed by atoms with Crippen LogP contribution in [0.25, 0.3) is 0 Å². The van der Waals surface area contributed by atoms with Crippen molar-refractivity contribution in [3.63, 3.8) is 0 Å². The Labute approximate surface area is 146 Å². The third-order valence-electron chi connectivity index (χ3n) is 2.97. The summed E-state index contributed by atoms with van der Waals surface area (Å²) in [4.78, 5) is 4.80. The summed E-state index contributed by atoms with van der Waals surface area (Å²) in [6, 6.07) is 6.81. The predicted molar refractivity (Wildman–Crippen MR) is 93.9 cm³/mol. The van der Waals surface area contributed by atoms with Crippen LogP contribution in [0.3, 0.4) is 0 Å². The molecule has 132 valence electrons. The summed E-state index contributed by atoms with van der Waals surface area (Å²) in [7, 11) is -4.08. The monoisotopic (exact) mass is 390 g/mol. The molecule has 1 N–H and O–H groups in total. The van der Waals surface area contributed by atoms with Crippen LogP contribution in [0.2, 0.25) is 0 Å². The minimum Gasteiger partial charge on any atom is -0.284 e. The fourth-order valence-electron chi connectivity index (χ4n) is 1.65. The Kier molecular flexibility index (Phi) is 5.58. The van der Waals surface area contributed by atoms with E-state index < -0.39 is 20.2 Å². The van der Waals surface area contributed by atoms with Crippen LogP contribution in [0.5, 0.6) is 0 Å². The lowest BCUT2D eigenvalue weighted by molar-refractivity contribution is 0.510. The molecule has 0 aliphatic rings. The summed E-state index contributed by atoms with van der Waals surface area (Å²) in [6.07, 6.45) is 2.63. The second-order valence-corrected chi connectivity index (χ2v) is 10.1. The number of rotatable bonds is 7. The molecule has 0 fully saturated rings. The van der Waals surface area contributed by atoms with Crippen LogP contribution < -0.4 is 4.72 Å². The molecule has 0 saturated carbocycles. The van der Waals surface area contributed by atoms with Crippen LogP contribution in [0.4, 0.5) is 5.69 Å². The van der Waals surface area contributed by atoms with Gasteiger partial charge in [0.1, 0.15) is 11.4 Å². The van der Waals surface area contributed by atoms with Crippen LogP contribution >= 0.6 is 11.8 Å². The zero-order chi connectivity index (χ0) is 18.0. The highest BCUT2D eigenvalue weighted by molar-refractivity contribution is 7.99. The van der Waals surface area contributed by atoms with Crippen LogP contribution in [0.1, 0.15) is 6.92 Å². The molecule has 0 unspecified atom stereocenters. The first-order valence-electron chi connectivity index (χ1n) is 6.89. The molecule has 1 aromatic heterocycles. The molecule has 0 aliphatic carbocycles. The SMILES string of the molecule is CCS(=O)(=O)Nc1cccc(Sc2cn(S(=O)(=O)N(C)C)cn2)c1. The highest BCUT2D eigenvalue weighted by Gasteiger charge is 2.17. The zero-order valence-corrected chi connectivity index (χ0v) is 15.8. The van der Waals surface area contributed by atoms with Crippen LogP contribution in [-0.2, 0) is 20.2 Å². The van der Waals surface area contributed by atoms with Gasteiger partial charge in [0.2, 0.25) is 10.0 Å². The second kappa shape index (κ2) is 7.13. The summed E-state index contributed by atoms with van der Waals surface area (Å²) < 4.78 is 51.8. The lowest BCUT2D eigenvalue weighted by Crippen LogP contribution is -2.27. The standard InChI is InChI=1S/C13H18N4O4S3/c1-4-23(18,19)15-11-6-5-7-12(8-11)22-13-9-17(10-14-13)24(20,21)16(2)3/h5-10,15H,4H2,1-3H3. The van der Waals surface area contributed by atoms with Gasteiger partial charge in [-0.1, -0.05) is 17.8 Å². The highest BCUT2D eigenvalue weighted by atomic mass is 32.2. The summed E-state index contributed by atoms with van der Waals surface area (Å²) >= 11 is 1.23. The van der Waals surface area contributed by atoms with Crippen LogP contribution in [0.15, 0.2) is 46.7 Å². The normalized spacial score (nSPS) is 12.5. The molecule has 2 rings (SSSR count). The van der Waals surface area contributed by atoms with Crippen molar-refractivity contribution in [2.75, 3.05) is 24.6 Å². The second-order valence-electron chi connectivity index (χ2n) is 4.97. The van der Waals surface area contributed by atoms with Crippen LogP contribution in [0, 0.1) is 0 Å². The van der Waals surface area contributed by atoms with Gasteiger partial charge in [-0.15, -0.1) is 0 Å². The van der Waals surface area contributed by atoms with Crippen LogP contribution in [-0.4, -0.2) is 49.9 Å². The summed E-state index contributed by atoms with van der Waals surface area (Å²) in [6.45, 7) is 1.55. The zero-order valence-electron chi connectivity index (χ0n) is 13.4. The first kappa shape index (κ1) is 18.8. The number of imidazole rings is 1. The average Bonchev–Trinajstić information content (AvgIpc) is 2.96. The van der Waals surface area contributed by atoms with Gasteiger partial charge < -0.3 is 0 Å². The number of anilines is 1. The lowest BCUT2D eigenvalue weighted by Gasteiger charge is -2.10. The lowest BCUT2D eigenvalue weighted by atomic mass is 10.3. The largest absolute Gasteiger partial charge is 0.308 e. The third kappa shape index (κ3) is 4.50. The molecule has 0 radical (unpaired) electrons. The summed E-state index contributed by atoms with van der Waals surface area (Å²) in [5.74, 6) is -0.0167. The Morgan fingerprint density at radius 2 is 1.96 bits per heavy atom. The molecular weight excluding hydrogens is 372 g/mol. The molecule has 11 heteroatoms. The van der Waals surface area contributed by atoms with E-state index in [1.165, 1.54) is 38.4 Å². The Bertz CT molecular complexity index is 920. The van der Waals surface area contributed by atoms with Gasteiger partial charge in [-0.3, -0.25) is 4.72 Å². The van der Waals surface area contributed by atoms with E-state index in [1.807, 2.05) is 0 Å². The fourth-order valence-corrected chi connectivity index (χ4v) is 3.97. The third-order valence-corrected chi connectivity index (χ3v) is 6.85. The number of nitrogens with one attached hydrogen (secondary N) is 1. The van der Waals surface area contributed by atoms with Crippen molar-refractivity contribution in [1.29, 1.82) is 0 Å². The van der Waals surface area contributed by atoms with Crippen molar-refractivity contribution in [3.05, 3.63) is 36.8 Å². The fraction of sp³-hybridized carbons (Fsp3) is 0.308. The molecule has 0 amide bonds. The molecule has 24 heavy (non-hydrogen) atoms. The Morgan fingerprint density at radius 1 is 1.25 bits per heavy atom. The average molecular weight is 391 g/mol. The molecule has 8 nitrogen and oxygen atoms in total. The Balaban J connectivity index is 2.20. The molecule has 0 spiro atoms. The van der Waals surface area contributed by atoms with E-state index in [9.17, 15) is 16.8 Å². The van der Waals surface area contributed by atoms with Crippen molar-refractivity contribution in [2.24, 2.45) is 0 Å². The molecule has 2 aromatic rings. The van der Waals surface area contributed by atoms with Gasteiger partial charge in [0, 0.05) is 24.7 Å². The van der Waals surface area contributed by atoms with E-state index in [-0.39, 0.29) is 5.75 Å². The molecule has 0 saturated heterocycles. The first-order chi connectivity index (χ1) is 11.1. The van der Waals surface area contributed by atoms with Gasteiger partial charge in [0.15, 0.2) is 0 Å². The molecule has 0 aliphatic heterocycles. The van der Waals surface area contributed by atoms with Gasteiger partial charge >= 0.3 is 10.2 Å². The molecule has 0 bridgehead atoms. The maximum Gasteiger partial charge on any atom is 0.308 e. The van der Waals surface area contributed by atoms with E-state index in [0.717, 1.165) is 13.2 Å². The maximum absolute atomic E-state index is 12.0. The van der Waals surface area contributed by atoms with Crippen molar-refractivity contribution < 1.29 is 16.8 Å². The smallest absolute Gasteiger partial charge is 0.284 e. The molecule has 1 aromatic carbocycles. The van der Waals surface area contributed by atoms with E-state index >= 15 is 0 Å². The van der Waals surface area contributed by atoms with Crippen molar-refractivity contribution >= 4 is 37.7 Å². The van der Waals surface area contributed by atoms with Gasteiger partial charge in [-0.2, -0.15) is 12.7 Å². The molecule has 0 atom stereocenters. The predicted octanol–water partition coefficient (Wildman–Crippen LogP) is 1.45. The van der Waals surface area contributed by atoms with E-state index in [4.69, 9.17) is 0 Å². The Hall–Kier alpha value is -1.56. The minimum absolute atomic E-state index is 0.0167. The maximum atomic E-state index is 12.0. The number of hydrogen-bond acceptors (Lipinski definition) is 6. The first-order valence-corrected chi connectivity index (χ1v) is 10.8. The highest BCUT2D eigenvalue weighted by Crippen LogP contribution is 2.28. The quantitative estimate of drug-likeness (QED) is 0.768. The van der Waals surface area contributed by atoms with Crippen molar-refractivity contribution in [1.82, 2.24) is 13.3 Å². The number of benzene rings is 1. The van der Waals surface area contributed by atoms with Crippen molar-refractivity contribution in [3.8, 4) is 0 Å². The number of aromatic nitrogens is 2. The minimum atomic E-state index is -3.60. The number of nitrogens with zero attached hydrogens (tertiary/aromatic N) is 3. The van der Waals surface area contributed by atoms with E-state index in [1.54, 1.807) is 31.2 Å². The number of sulfonamides is 1. The van der Waals surface area contributed by atoms with E-state index in [0.29, 0.717) is 10.7 Å². The molecular formula is C13H18N4O4S3. The van der Waals surface area contributed by atoms with Gasteiger partial charge in [-0.05, 0) is 25.1 Å². The topological polar surface area (TPSA) is 101 Å². The summed E-state index contributed by atoms with van der Waals surface area (Å²) in [5.41, 5.74) is 0.446. The molecule has 1 heterocycles. The Morgan fingerprint density at radius 3 is 2.58 bits per heavy atom.